The van der Waals surface area contributed by atoms with Gasteiger partial charge in [0, 0.05) is 24.7 Å². The number of hydrogen-bond acceptors (Lipinski definition) is 6. The lowest BCUT2D eigenvalue weighted by atomic mass is 9.97. The van der Waals surface area contributed by atoms with Crippen LogP contribution in [0.2, 0.25) is 0 Å². The summed E-state index contributed by atoms with van der Waals surface area (Å²) >= 11 is 0. The van der Waals surface area contributed by atoms with Crippen LogP contribution in [-0.2, 0) is 4.74 Å². The van der Waals surface area contributed by atoms with Gasteiger partial charge < -0.3 is 9.64 Å². The molecule has 0 spiro atoms. The number of aryl methyl sites for hydroxylation is 1. The molecule has 1 aliphatic heterocycles. The molecule has 0 atom stereocenters. The van der Waals surface area contributed by atoms with Gasteiger partial charge in [-0.05, 0) is 68.1 Å². The number of piperidine rings is 1. The van der Waals surface area contributed by atoms with E-state index in [1.165, 1.54) is 0 Å². The number of nitriles is 1. The highest BCUT2D eigenvalue weighted by atomic mass is 16.5. The first-order valence-electron chi connectivity index (χ1n) is 12.0. The average molecular weight is 466 g/mol. The van der Waals surface area contributed by atoms with Crippen LogP contribution in [0.1, 0.15) is 35.9 Å². The quantitative estimate of drug-likeness (QED) is 0.371. The number of aromatic nitrogens is 3. The summed E-state index contributed by atoms with van der Waals surface area (Å²) in [5, 5.41) is 14.8. The molecule has 2 aromatic heterocycles. The van der Waals surface area contributed by atoms with Crippen molar-refractivity contribution in [1.29, 1.82) is 5.26 Å². The molecule has 1 aliphatic rings. The van der Waals surface area contributed by atoms with E-state index in [0.29, 0.717) is 5.65 Å². The van der Waals surface area contributed by atoms with Crippen LogP contribution in [0.4, 0.5) is 5.69 Å². The van der Waals surface area contributed by atoms with Crippen molar-refractivity contribution in [2.24, 2.45) is 5.92 Å². The van der Waals surface area contributed by atoms with E-state index >= 15 is 0 Å². The number of para-hydroxylation sites is 1. The third-order valence-electron chi connectivity index (χ3n) is 6.52. The van der Waals surface area contributed by atoms with Gasteiger partial charge in [-0.1, -0.05) is 30.3 Å². The standard InChI is InChI=1S/C28H27N5O2/c1-3-35-28(34)25-17-24(21-9-11-22(12-10-21)32-15-13-20(18-29)14-16-32)26-19(2)31-33(27(26)30-25)23-7-5-4-6-8-23/h4-12,17,20H,3,13-16H2,1-2H3. The Morgan fingerprint density at radius 3 is 2.46 bits per heavy atom. The van der Waals surface area contributed by atoms with Crippen LogP contribution in [0.3, 0.4) is 0 Å². The molecular formula is C28H27N5O2. The maximum Gasteiger partial charge on any atom is 0.357 e. The Labute approximate surface area is 204 Å². The Hall–Kier alpha value is -4.18. The summed E-state index contributed by atoms with van der Waals surface area (Å²) in [4.78, 5) is 19.7. The highest BCUT2D eigenvalue weighted by Gasteiger charge is 2.22. The number of carbonyl (C=O) groups excluding carboxylic acids is 1. The summed E-state index contributed by atoms with van der Waals surface area (Å²) in [6.07, 6.45) is 1.79. The van der Waals surface area contributed by atoms with Crippen LogP contribution in [0, 0.1) is 24.2 Å². The van der Waals surface area contributed by atoms with Crippen LogP contribution >= 0.6 is 0 Å². The van der Waals surface area contributed by atoms with Crippen LogP contribution in [0.5, 0.6) is 0 Å². The molecule has 0 bridgehead atoms. The van der Waals surface area contributed by atoms with Gasteiger partial charge in [-0.3, -0.25) is 0 Å². The molecule has 7 heteroatoms. The third kappa shape index (κ3) is 4.35. The van der Waals surface area contributed by atoms with Crippen molar-refractivity contribution in [1.82, 2.24) is 14.8 Å². The Balaban J connectivity index is 1.59. The van der Waals surface area contributed by atoms with Crippen molar-refractivity contribution in [3.63, 3.8) is 0 Å². The Kier molecular flexibility index (Phi) is 6.19. The zero-order chi connectivity index (χ0) is 24.4. The van der Waals surface area contributed by atoms with Crippen LogP contribution < -0.4 is 4.90 Å². The molecule has 0 saturated carbocycles. The van der Waals surface area contributed by atoms with E-state index in [0.717, 1.165) is 59.5 Å². The van der Waals surface area contributed by atoms with E-state index in [1.807, 2.05) is 37.3 Å². The highest BCUT2D eigenvalue weighted by Crippen LogP contribution is 2.34. The second-order valence-corrected chi connectivity index (χ2v) is 8.74. The molecule has 1 saturated heterocycles. The molecule has 1 fully saturated rings. The first-order chi connectivity index (χ1) is 17.1. The fourth-order valence-corrected chi connectivity index (χ4v) is 4.69. The molecule has 0 amide bonds. The summed E-state index contributed by atoms with van der Waals surface area (Å²) < 4.78 is 7.06. The van der Waals surface area contributed by atoms with Gasteiger partial charge in [-0.2, -0.15) is 10.4 Å². The maximum absolute atomic E-state index is 12.7. The van der Waals surface area contributed by atoms with Crippen molar-refractivity contribution in [3.05, 3.63) is 72.1 Å². The number of fused-ring (bicyclic) bond motifs is 1. The smallest absolute Gasteiger partial charge is 0.357 e. The fourth-order valence-electron chi connectivity index (χ4n) is 4.69. The molecule has 3 heterocycles. The summed E-state index contributed by atoms with van der Waals surface area (Å²) in [6, 6.07) is 22.3. The highest BCUT2D eigenvalue weighted by molar-refractivity contribution is 6.00. The van der Waals surface area contributed by atoms with Crippen LogP contribution in [0.15, 0.2) is 60.7 Å². The number of pyridine rings is 1. The first kappa shape index (κ1) is 22.6. The van der Waals surface area contributed by atoms with Crippen molar-refractivity contribution in [2.45, 2.75) is 26.7 Å². The molecule has 2 aromatic carbocycles. The van der Waals surface area contributed by atoms with Gasteiger partial charge >= 0.3 is 5.97 Å². The second kappa shape index (κ2) is 9.59. The summed E-state index contributed by atoms with van der Waals surface area (Å²) in [6.45, 7) is 5.79. The lowest BCUT2D eigenvalue weighted by Crippen LogP contribution is -2.33. The number of esters is 1. The van der Waals surface area contributed by atoms with Gasteiger partial charge in [0.1, 0.15) is 0 Å². The van der Waals surface area contributed by atoms with Crippen molar-refractivity contribution in [2.75, 3.05) is 24.6 Å². The van der Waals surface area contributed by atoms with Gasteiger partial charge in [-0.25, -0.2) is 14.5 Å². The van der Waals surface area contributed by atoms with E-state index in [9.17, 15) is 10.1 Å². The van der Waals surface area contributed by atoms with Gasteiger partial charge in [0.05, 0.1) is 29.4 Å². The molecule has 7 nitrogen and oxygen atoms in total. The molecule has 0 N–H and O–H groups in total. The van der Waals surface area contributed by atoms with Gasteiger partial charge in [-0.15, -0.1) is 0 Å². The summed E-state index contributed by atoms with van der Waals surface area (Å²) in [5.41, 5.74) is 5.61. The Morgan fingerprint density at radius 2 is 1.80 bits per heavy atom. The van der Waals surface area contributed by atoms with E-state index in [2.05, 4.69) is 40.2 Å². The number of rotatable bonds is 5. The lowest BCUT2D eigenvalue weighted by Gasteiger charge is -2.31. The normalized spacial score (nSPS) is 14.1. The van der Waals surface area contributed by atoms with E-state index in [1.54, 1.807) is 17.7 Å². The summed E-state index contributed by atoms with van der Waals surface area (Å²) in [5.74, 6) is -0.299. The molecule has 0 aliphatic carbocycles. The zero-order valence-corrected chi connectivity index (χ0v) is 19.9. The minimum Gasteiger partial charge on any atom is -0.461 e. The third-order valence-corrected chi connectivity index (χ3v) is 6.52. The second-order valence-electron chi connectivity index (χ2n) is 8.74. The van der Waals surface area contributed by atoms with Crippen molar-refractivity contribution < 1.29 is 9.53 Å². The van der Waals surface area contributed by atoms with Crippen molar-refractivity contribution in [3.8, 4) is 22.9 Å². The molecule has 176 valence electrons. The fraction of sp³-hybridized carbons (Fsp3) is 0.286. The number of benzene rings is 2. The predicted octanol–water partition coefficient (Wildman–Crippen LogP) is 5.31. The topological polar surface area (TPSA) is 84.0 Å². The maximum atomic E-state index is 12.7. The number of carbonyl (C=O) groups is 1. The van der Waals surface area contributed by atoms with Crippen LogP contribution in [0.25, 0.3) is 27.8 Å². The van der Waals surface area contributed by atoms with Gasteiger partial charge in [0.25, 0.3) is 0 Å². The first-order valence-corrected chi connectivity index (χ1v) is 12.0. The number of nitrogens with zero attached hydrogens (tertiary/aromatic N) is 5. The van der Waals surface area contributed by atoms with Crippen LogP contribution in [-0.4, -0.2) is 40.4 Å². The van der Waals surface area contributed by atoms with E-state index < -0.39 is 5.97 Å². The van der Waals surface area contributed by atoms with Crippen molar-refractivity contribution >= 4 is 22.7 Å². The molecule has 0 unspecified atom stereocenters. The predicted molar refractivity (Wildman–Crippen MR) is 136 cm³/mol. The largest absolute Gasteiger partial charge is 0.461 e. The molecule has 35 heavy (non-hydrogen) atoms. The lowest BCUT2D eigenvalue weighted by molar-refractivity contribution is 0.0520. The SMILES string of the molecule is CCOC(=O)c1cc(-c2ccc(N3CCC(C#N)CC3)cc2)c2c(C)nn(-c3ccccc3)c2n1. The zero-order valence-electron chi connectivity index (χ0n) is 19.9. The number of anilines is 1. The van der Waals surface area contributed by atoms with E-state index in [-0.39, 0.29) is 18.2 Å². The minimum absolute atomic E-state index is 0.154. The van der Waals surface area contributed by atoms with Gasteiger partial charge in [0.2, 0.25) is 0 Å². The molecule has 5 rings (SSSR count). The number of hydrogen-bond donors (Lipinski definition) is 0. The Bertz CT molecular complexity index is 1400. The molecular weight excluding hydrogens is 438 g/mol. The Morgan fingerprint density at radius 1 is 1.09 bits per heavy atom. The summed E-state index contributed by atoms with van der Waals surface area (Å²) in [7, 11) is 0. The van der Waals surface area contributed by atoms with E-state index in [4.69, 9.17) is 9.84 Å². The average Bonchev–Trinajstić information content (AvgIpc) is 3.25. The number of ether oxygens (including phenoxy) is 1. The van der Waals surface area contributed by atoms with Gasteiger partial charge in [0.15, 0.2) is 11.3 Å². The molecule has 0 radical (unpaired) electrons. The monoisotopic (exact) mass is 465 g/mol. The molecule has 4 aromatic rings. The minimum atomic E-state index is -0.453.